The first-order chi connectivity index (χ1) is 12.8. The van der Waals surface area contributed by atoms with Gasteiger partial charge in [-0.05, 0) is 31.2 Å². The monoisotopic (exact) mass is 397 g/mol. The van der Waals surface area contributed by atoms with E-state index in [1.165, 1.54) is 10.6 Å². The molecule has 0 saturated carbocycles. The van der Waals surface area contributed by atoms with Crippen molar-refractivity contribution in [1.82, 2.24) is 14.9 Å². The third-order valence-corrected chi connectivity index (χ3v) is 5.95. The number of urea groups is 1. The maximum Gasteiger partial charge on any atom is 0.315 e. The number of sulfonamides is 1. The lowest BCUT2D eigenvalue weighted by atomic mass is 10.0. The number of carboxylic acids is 1. The summed E-state index contributed by atoms with van der Waals surface area (Å²) in [4.78, 5) is 23.1. The van der Waals surface area contributed by atoms with Gasteiger partial charge in [0.15, 0.2) is 0 Å². The molecule has 8 nitrogen and oxygen atoms in total. The van der Waals surface area contributed by atoms with E-state index in [-0.39, 0.29) is 25.0 Å². The molecule has 1 aromatic rings. The molecule has 0 aromatic heterocycles. The third kappa shape index (κ3) is 7.18. The van der Waals surface area contributed by atoms with Gasteiger partial charge in [0.05, 0.1) is 6.26 Å². The van der Waals surface area contributed by atoms with Crippen molar-refractivity contribution in [3.05, 3.63) is 35.9 Å². The zero-order valence-electron chi connectivity index (χ0n) is 15.4. The molecule has 1 unspecified atom stereocenters. The first-order valence-electron chi connectivity index (χ1n) is 9.02. The zero-order valence-corrected chi connectivity index (χ0v) is 16.2. The Labute approximate surface area is 160 Å². The first-order valence-corrected chi connectivity index (χ1v) is 10.9. The molecule has 1 aliphatic rings. The summed E-state index contributed by atoms with van der Waals surface area (Å²) in [6.07, 6.45) is 3.46. The van der Waals surface area contributed by atoms with Crippen LogP contribution in [-0.4, -0.2) is 61.3 Å². The van der Waals surface area contributed by atoms with Gasteiger partial charge in [0.25, 0.3) is 0 Å². The van der Waals surface area contributed by atoms with Crippen LogP contribution in [0.15, 0.2) is 30.3 Å². The number of amides is 2. The summed E-state index contributed by atoms with van der Waals surface area (Å²) in [6, 6.07) is 8.56. The number of aliphatic carboxylic acids is 1. The Balaban J connectivity index is 1.89. The Bertz CT molecular complexity index is 739. The number of nitrogens with one attached hydrogen (secondary N) is 2. The second-order valence-corrected chi connectivity index (χ2v) is 8.78. The predicted octanol–water partition coefficient (Wildman–Crippen LogP) is 1.19. The van der Waals surface area contributed by atoms with Gasteiger partial charge in [-0.15, -0.1) is 0 Å². The minimum Gasteiger partial charge on any atom is -0.481 e. The van der Waals surface area contributed by atoms with E-state index in [0.29, 0.717) is 25.8 Å². The van der Waals surface area contributed by atoms with Gasteiger partial charge in [-0.2, -0.15) is 4.31 Å². The molecule has 1 aromatic carbocycles. The van der Waals surface area contributed by atoms with Gasteiger partial charge in [0.2, 0.25) is 10.0 Å². The van der Waals surface area contributed by atoms with E-state index in [1.807, 2.05) is 30.3 Å². The minimum atomic E-state index is -3.29. The summed E-state index contributed by atoms with van der Waals surface area (Å²) >= 11 is 0. The normalized spacial score (nSPS) is 18.8. The highest BCUT2D eigenvalue weighted by atomic mass is 32.2. The number of carbonyl (C=O) groups is 2. The second-order valence-electron chi connectivity index (χ2n) is 6.84. The SMILES string of the molecule is CS(=O)(=O)N1CCC[C@@H]1CNC(=O)NC(CCC(=O)O)Cc1ccccc1. The fourth-order valence-electron chi connectivity index (χ4n) is 3.32. The van der Waals surface area contributed by atoms with E-state index < -0.39 is 22.0 Å². The fourth-order valence-corrected chi connectivity index (χ4v) is 4.50. The van der Waals surface area contributed by atoms with Crippen molar-refractivity contribution in [2.45, 2.75) is 44.2 Å². The Hall–Kier alpha value is -2.13. The molecule has 1 saturated heterocycles. The van der Waals surface area contributed by atoms with Gasteiger partial charge in [0.1, 0.15) is 0 Å². The quantitative estimate of drug-likeness (QED) is 0.579. The maximum atomic E-state index is 12.3. The summed E-state index contributed by atoms with van der Waals surface area (Å²) < 4.78 is 24.9. The molecule has 1 heterocycles. The molecule has 0 bridgehead atoms. The third-order valence-electron chi connectivity index (χ3n) is 4.61. The lowest BCUT2D eigenvalue weighted by Gasteiger charge is -2.23. The summed E-state index contributed by atoms with van der Waals surface area (Å²) in [6.45, 7) is 0.706. The predicted molar refractivity (Wildman–Crippen MR) is 102 cm³/mol. The molecule has 1 aliphatic heterocycles. The van der Waals surface area contributed by atoms with Crippen molar-refractivity contribution >= 4 is 22.0 Å². The first kappa shape index (κ1) is 21.2. The van der Waals surface area contributed by atoms with Crippen LogP contribution < -0.4 is 10.6 Å². The van der Waals surface area contributed by atoms with Gasteiger partial charge < -0.3 is 15.7 Å². The van der Waals surface area contributed by atoms with Gasteiger partial charge >= 0.3 is 12.0 Å². The van der Waals surface area contributed by atoms with Gasteiger partial charge in [-0.25, -0.2) is 13.2 Å². The lowest BCUT2D eigenvalue weighted by Crippen LogP contribution is -2.48. The van der Waals surface area contributed by atoms with Crippen LogP contribution in [0.4, 0.5) is 4.79 Å². The number of hydrogen-bond donors (Lipinski definition) is 3. The molecule has 0 aliphatic carbocycles. The van der Waals surface area contributed by atoms with Gasteiger partial charge in [0, 0.05) is 31.6 Å². The number of carbonyl (C=O) groups excluding carboxylic acids is 1. The molecule has 0 radical (unpaired) electrons. The summed E-state index contributed by atoms with van der Waals surface area (Å²) in [5.41, 5.74) is 1.01. The van der Waals surface area contributed by atoms with Crippen LogP contribution in [-0.2, 0) is 21.2 Å². The summed E-state index contributed by atoms with van der Waals surface area (Å²) in [5.74, 6) is -0.912. The van der Waals surface area contributed by atoms with Crippen molar-refractivity contribution in [3.8, 4) is 0 Å². The van der Waals surface area contributed by atoms with Crippen molar-refractivity contribution in [1.29, 1.82) is 0 Å². The average molecular weight is 397 g/mol. The summed E-state index contributed by atoms with van der Waals surface area (Å²) in [7, 11) is -3.29. The van der Waals surface area contributed by atoms with Crippen LogP contribution in [0.25, 0.3) is 0 Å². The van der Waals surface area contributed by atoms with E-state index in [0.717, 1.165) is 12.0 Å². The highest BCUT2D eigenvalue weighted by molar-refractivity contribution is 7.88. The van der Waals surface area contributed by atoms with Crippen molar-refractivity contribution in [2.24, 2.45) is 0 Å². The Morgan fingerprint density at radius 1 is 1.30 bits per heavy atom. The maximum absolute atomic E-state index is 12.3. The van der Waals surface area contributed by atoms with Crippen molar-refractivity contribution in [2.75, 3.05) is 19.3 Å². The Morgan fingerprint density at radius 2 is 2.00 bits per heavy atom. The lowest BCUT2D eigenvalue weighted by molar-refractivity contribution is -0.137. The zero-order chi connectivity index (χ0) is 19.9. The molecule has 150 valence electrons. The number of benzene rings is 1. The van der Waals surface area contributed by atoms with Crippen molar-refractivity contribution in [3.63, 3.8) is 0 Å². The molecule has 2 rings (SSSR count). The second kappa shape index (κ2) is 9.70. The van der Waals surface area contributed by atoms with Gasteiger partial charge in [-0.3, -0.25) is 4.79 Å². The topological polar surface area (TPSA) is 116 Å². The fraction of sp³-hybridized carbons (Fsp3) is 0.556. The molecule has 2 amide bonds. The summed E-state index contributed by atoms with van der Waals surface area (Å²) in [5, 5.41) is 14.5. The molecule has 27 heavy (non-hydrogen) atoms. The Kier molecular flexibility index (Phi) is 7.61. The van der Waals surface area contributed by atoms with Crippen LogP contribution in [0.5, 0.6) is 0 Å². The van der Waals surface area contributed by atoms with Crippen LogP contribution in [0.1, 0.15) is 31.2 Å². The van der Waals surface area contributed by atoms with Crippen LogP contribution in [0.2, 0.25) is 0 Å². The van der Waals surface area contributed by atoms with Gasteiger partial charge in [-0.1, -0.05) is 30.3 Å². The molecular weight excluding hydrogens is 370 g/mol. The van der Waals surface area contributed by atoms with E-state index in [4.69, 9.17) is 5.11 Å². The van der Waals surface area contributed by atoms with E-state index in [2.05, 4.69) is 10.6 Å². The van der Waals surface area contributed by atoms with Crippen LogP contribution >= 0.6 is 0 Å². The standard InChI is InChI=1S/C18H27N3O5S/c1-27(25,26)21-11-5-8-16(21)13-19-18(24)20-15(9-10-17(22)23)12-14-6-3-2-4-7-14/h2-4,6-7,15-16H,5,8-13H2,1H3,(H,22,23)(H2,19,20,24)/t15?,16-/m1/s1. The number of hydrogen-bond acceptors (Lipinski definition) is 4. The van der Waals surface area contributed by atoms with E-state index >= 15 is 0 Å². The Morgan fingerprint density at radius 3 is 2.63 bits per heavy atom. The molecule has 3 N–H and O–H groups in total. The molecule has 0 spiro atoms. The molecule has 2 atom stereocenters. The van der Waals surface area contributed by atoms with Crippen molar-refractivity contribution < 1.29 is 23.1 Å². The van der Waals surface area contributed by atoms with Crippen LogP contribution in [0, 0.1) is 0 Å². The average Bonchev–Trinajstić information content (AvgIpc) is 3.08. The molecule has 9 heteroatoms. The van der Waals surface area contributed by atoms with E-state index in [9.17, 15) is 18.0 Å². The largest absolute Gasteiger partial charge is 0.481 e. The number of nitrogens with zero attached hydrogens (tertiary/aromatic N) is 1. The molecule has 1 fully saturated rings. The van der Waals surface area contributed by atoms with E-state index in [1.54, 1.807) is 0 Å². The minimum absolute atomic E-state index is 0.0394. The van der Waals surface area contributed by atoms with Crippen LogP contribution in [0.3, 0.4) is 0 Å². The highest BCUT2D eigenvalue weighted by Gasteiger charge is 2.31. The smallest absolute Gasteiger partial charge is 0.315 e. The number of carboxylic acid groups (broad SMARTS) is 1. The highest BCUT2D eigenvalue weighted by Crippen LogP contribution is 2.19. The molecular formula is C18H27N3O5S. The number of rotatable bonds is 9.